The normalized spacial score (nSPS) is 12.8. The molecule has 0 aromatic heterocycles. The minimum Gasteiger partial charge on any atom is -0.497 e. The van der Waals surface area contributed by atoms with Gasteiger partial charge in [-0.2, -0.15) is 0 Å². The average molecular weight is 346 g/mol. The number of methoxy groups -OCH3 is 1. The third kappa shape index (κ3) is 4.30. The van der Waals surface area contributed by atoms with Gasteiger partial charge < -0.3 is 19.7 Å². The van der Waals surface area contributed by atoms with Crippen molar-refractivity contribution in [2.24, 2.45) is 5.41 Å². The molecule has 0 spiro atoms. The fourth-order valence-electron chi connectivity index (χ4n) is 2.59. The standard InChI is InChI=1S/C20H26O5/c1-4-20(11-21,12-22)13-25-19(23)14(2)15-5-6-17-10-18(24-3)8-7-16(17)9-15/h5-10,14,21-22H,4,11-13H2,1-3H3/t14-/m0/s1. The van der Waals surface area contributed by atoms with Crippen molar-refractivity contribution in [3.8, 4) is 5.75 Å². The number of ether oxygens (including phenoxy) is 2. The van der Waals surface area contributed by atoms with Crippen molar-refractivity contribution >= 4 is 16.7 Å². The number of carbonyl (C=O) groups excluding carboxylic acids is 1. The molecule has 0 saturated heterocycles. The number of rotatable bonds is 8. The number of fused-ring (bicyclic) bond motifs is 1. The van der Waals surface area contributed by atoms with Gasteiger partial charge in [-0.25, -0.2) is 0 Å². The first-order valence-electron chi connectivity index (χ1n) is 8.44. The van der Waals surface area contributed by atoms with Crippen LogP contribution in [0.25, 0.3) is 10.8 Å². The summed E-state index contributed by atoms with van der Waals surface area (Å²) in [4.78, 5) is 12.4. The molecule has 5 heteroatoms. The molecule has 0 heterocycles. The Labute approximate surface area is 148 Å². The third-order valence-electron chi connectivity index (χ3n) is 4.87. The van der Waals surface area contributed by atoms with E-state index in [1.807, 2.05) is 43.3 Å². The molecular weight excluding hydrogens is 320 g/mol. The highest BCUT2D eigenvalue weighted by atomic mass is 16.5. The van der Waals surface area contributed by atoms with Crippen molar-refractivity contribution in [3.63, 3.8) is 0 Å². The summed E-state index contributed by atoms with van der Waals surface area (Å²) in [7, 11) is 1.63. The lowest BCUT2D eigenvalue weighted by Gasteiger charge is -2.28. The van der Waals surface area contributed by atoms with Gasteiger partial charge in [-0.15, -0.1) is 0 Å². The van der Waals surface area contributed by atoms with Crippen LogP contribution in [0, 0.1) is 5.41 Å². The molecular formula is C20H26O5. The molecule has 0 aliphatic heterocycles. The second kappa shape index (κ2) is 8.32. The van der Waals surface area contributed by atoms with Crippen LogP contribution in [-0.2, 0) is 9.53 Å². The van der Waals surface area contributed by atoms with Crippen LogP contribution in [-0.4, -0.2) is 43.1 Å². The van der Waals surface area contributed by atoms with Crippen LogP contribution >= 0.6 is 0 Å². The quantitative estimate of drug-likeness (QED) is 0.719. The zero-order valence-electron chi connectivity index (χ0n) is 15.0. The van der Waals surface area contributed by atoms with Crippen molar-refractivity contribution in [1.82, 2.24) is 0 Å². The van der Waals surface area contributed by atoms with Crippen molar-refractivity contribution < 1.29 is 24.5 Å². The van der Waals surface area contributed by atoms with Crippen molar-refractivity contribution in [2.45, 2.75) is 26.2 Å². The lowest BCUT2D eigenvalue weighted by atomic mass is 9.88. The fraction of sp³-hybridized carbons (Fsp3) is 0.450. The van der Waals surface area contributed by atoms with E-state index in [-0.39, 0.29) is 25.8 Å². The molecule has 2 N–H and O–H groups in total. The van der Waals surface area contributed by atoms with E-state index in [1.54, 1.807) is 14.0 Å². The highest BCUT2D eigenvalue weighted by molar-refractivity contribution is 5.86. The van der Waals surface area contributed by atoms with Crippen LogP contribution in [0.15, 0.2) is 36.4 Å². The van der Waals surface area contributed by atoms with E-state index in [2.05, 4.69) is 0 Å². The predicted molar refractivity (Wildman–Crippen MR) is 96.8 cm³/mol. The minimum atomic E-state index is -0.782. The summed E-state index contributed by atoms with van der Waals surface area (Å²) in [5, 5.41) is 20.9. The molecule has 2 rings (SSSR count). The summed E-state index contributed by atoms with van der Waals surface area (Å²) in [6, 6.07) is 11.6. The molecule has 0 aliphatic carbocycles. The highest BCUT2D eigenvalue weighted by Crippen LogP contribution is 2.27. The van der Waals surface area contributed by atoms with Gasteiger partial charge >= 0.3 is 5.97 Å². The summed E-state index contributed by atoms with van der Waals surface area (Å²) in [5.74, 6) is -0.0114. The number of aliphatic hydroxyl groups is 2. The SMILES string of the molecule is CCC(CO)(CO)COC(=O)[C@@H](C)c1ccc2cc(OC)ccc2c1. The van der Waals surface area contributed by atoms with E-state index in [0.717, 1.165) is 22.1 Å². The lowest BCUT2D eigenvalue weighted by molar-refractivity contribution is -0.151. The average Bonchev–Trinajstić information content (AvgIpc) is 2.67. The number of aliphatic hydroxyl groups excluding tert-OH is 2. The van der Waals surface area contributed by atoms with Gasteiger partial charge in [0.2, 0.25) is 0 Å². The maximum atomic E-state index is 12.4. The summed E-state index contributed by atoms with van der Waals surface area (Å²) < 4.78 is 10.6. The Bertz CT molecular complexity index is 713. The number of esters is 1. The van der Waals surface area contributed by atoms with Gasteiger partial charge in [0, 0.05) is 0 Å². The first-order chi connectivity index (χ1) is 12.0. The highest BCUT2D eigenvalue weighted by Gasteiger charge is 2.29. The van der Waals surface area contributed by atoms with E-state index in [0.29, 0.717) is 6.42 Å². The second-order valence-electron chi connectivity index (χ2n) is 6.47. The van der Waals surface area contributed by atoms with E-state index < -0.39 is 11.3 Å². The molecule has 0 radical (unpaired) electrons. The van der Waals surface area contributed by atoms with Gasteiger partial charge in [0.05, 0.1) is 31.7 Å². The Morgan fingerprint density at radius 3 is 2.36 bits per heavy atom. The number of hydrogen-bond donors (Lipinski definition) is 2. The largest absolute Gasteiger partial charge is 0.497 e. The van der Waals surface area contributed by atoms with Gasteiger partial charge in [-0.1, -0.05) is 31.2 Å². The monoisotopic (exact) mass is 346 g/mol. The molecule has 0 aliphatic rings. The summed E-state index contributed by atoms with van der Waals surface area (Å²) >= 11 is 0. The fourth-order valence-corrected chi connectivity index (χ4v) is 2.59. The Kier molecular flexibility index (Phi) is 6.39. The Hall–Kier alpha value is -2.11. The van der Waals surface area contributed by atoms with E-state index >= 15 is 0 Å². The molecule has 25 heavy (non-hydrogen) atoms. The van der Waals surface area contributed by atoms with Gasteiger partial charge in [-0.3, -0.25) is 4.79 Å². The molecule has 0 saturated carbocycles. The maximum Gasteiger partial charge on any atom is 0.313 e. The molecule has 0 fully saturated rings. The van der Waals surface area contributed by atoms with E-state index in [9.17, 15) is 15.0 Å². The minimum absolute atomic E-state index is 0.00442. The molecule has 2 aromatic carbocycles. The van der Waals surface area contributed by atoms with E-state index in [4.69, 9.17) is 9.47 Å². The van der Waals surface area contributed by atoms with Crippen LogP contribution in [0.1, 0.15) is 31.7 Å². The van der Waals surface area contributed by atoms with Gasteiger partial charge in [0.25, 0.3) is 0 Å². The molecule has 0 amide bonds. The van der Waals surface area contributed by atoms with Crippen molar-refractivity contribution in [3.05, 3.63) is 42.0 Å². The number of carbonyl (C=O) groups is 1. The predicted octanol–water partition coefficient (Wildman–Crippen LogP) is 2.88. The van der Waals surface area contributed by atoms with Gasteiger partial charge in [0.1, 0.15) is 12.4 Å². The topological polar surface area (TPSA) is 76.0 Å². The molecule has 1 atom stereocenters. The number of hydrogen-bond acceptors (Lipinski definition) is 5. The van der Waals surface area contributed by atoms with Crippen molar-refractivity contribution in [1.29, 1.82) is 0 Å². The zero-order chi connectivity index (χ0) is 18.4. The number of benzene rings is 2. The van der Waals surface area contributed by atoms with Crippen molar-refractivity contribution in [2.75, 3.05) is 26.9 Å². The van der Waals surface area contributed by atoms with Crippen LogP contribution in [0.4, 0.5) is 0 Å². The smallest absolute Gasteiger partial charge is 0.313 e. The molecule has 2 aromatic rings. The maximum absolute atomic E-state index is 12.4. The molecule has 136 valence electrons. The molecule has 0 bridgehead atoms. The first kappa shape index (κ1) is 19.2. The lowest BCUT2D eigenvalue weighted by Crippen LogP contribution is -2.36. The van der Waals surface area contributed by atoms with Crippen LogP contribution < -0.4 is 4.74 Å². The van der Waals surface area contributed by atoms with Gasteiger partial charge in [0.15, 0.2) is 0 Å². The third-order valence-corrected chi connectivity index (χ3v) is 4.87. The molecule has 0 unspecified atom stereocenters. The Morgan fingerprint density at radius 2 is 1.76 bits per heavy atom. The summed E-state index contributed by atoms with van der Waals surface area (Å²) in [6.45, 7) is 3.20. The summed E-state index contributed by atoms with van der Waals surface area (Å²) in [6.07, 6.45) is 0.527. The second-order valence-corrected chi connectivity index (χ2v) is 6.47. The summed E-state index contributed by atoms with van der Waals surface area (Å²) in [5.41, 5.74) is 0.0766. The Balaban J connectivity index is 2.12. The van der Waals surface area contributed by atoms with Crippen LogP contribution in [0.3, 0.4) is 0 Å². The molecule has 5 nitrogen and oxygen atoms in total. The first-order valence-corrected chi connectivity index (χ1v) is 8.44. The van der Waals surface area contributed by atoms with Crippen LogP contribution in [0.5, 0.6) is 5.75 Å². The zero-order valence-corrected chi connectivity index (χ0v) is 15.0. The van der Waals surface area contributed by atoms with E-state index in [1.165, 1.54) is 0 Å². The van der Waals surface area contributed by atoms with Gasteiger partial charge in [-0.05, 0) is 41.8 Å². The Morgan fingerprint density at radius 1 is 1.12 bits per heavy atom. The van der Waals surface area contributed by atoms with Crippen LogP contribution in [0.2, 0.25) is 0 Å².